The second-order valence-electron chi connectivity index (χ2n) is 5.03. The van der Waals surface area contributed by atoms with Crippen molar-refractivity contribution in [2.24, 2.45) is 0 Å². The van der Waals surface area contributed by atoms with E-state index in [1.54, 1.807) is 0 Å². The molecule has 20 heavy (non-hydrogen) atoms. The van der Waals surface area contributed by atoms with Crippen molar-refractivity contribution in [1.29, 1.82) is 0 Å². The lowest BCUT2D eigenvalue weighted by molar-refractivity contribution is 0.243. The van der Waals surface area contributed by atoms with E-state index in [1.807, 2.05) is 41.3 Å². The molecule has 0 aliphatic carbocycles. The maximum atomic E-state index is 12.0. The molecule has 0 unspecified atom stereocenters. The number of rotatable bonds is 3. The molecule has 1 aliphatic heterocycles. The van der Waals surface area contributed by atoms with E-state index in [4.69, 9.17) is 0 Å². The summed E-state index contributed by atoms with van der Waals surface area (Å²) in [5.41, 5.74) is 3.47. The lowest BCUT2D eigenvalue weighted by Crippen LogP contribution is -2.46. The van der Waals surface area contributed by atoms with Gasteiger partial charge in [0.2, 0.25) is 0 Å². The zero-order valence-electron chi connectivity index (χ0n) is 11.4. The summed E-state index contributed by atoms with van der Waals surface area (Å²) in [4.78, 5) is 13.9. The first-order valence-electron chi connectivity index (χ1n) is 7.02. The number of carbonyl (C=O) groups excluding carboxylic acids is 1. The Balaban J connectivity index is 1.90. The van der Waals surface area contributed by atoms with Gasteiger partial charge in [-0.1, -0.05) is 48.5 Å². The molecule has 1 heterocycles. The number of carbonyl (C=O) groups is 1. The molecule has 0 atom stereocenters. The van der Waals surface area contributed by atoms with Crippen LogP contribution in [0.1, 0.15) is 17.5 Å². The molecule has 0 radical (unpaired) electrons. The van der Waals surface area contributed by atoms with Crippen molar-refractivity contribution in [2.45, 2.75) is 12.8 Å². The Hall–Kier alpha value is -2.29. The predicted molar refractivity (Wildman–Crippen MR) is 81.1 cm³/mol. The zero-order chi connectivity index (χ0) is 13.8. The van der Waals surface area contributed by atoms with Crippen LogP contribution in [0.5, 0.6) is 0 Å². The van der Waals surface area contributed by atoms with Crippen LogP contribution < -0.4 is 10.2 Å². The molecule has 0 aromatic heterocycles. The van der Waals surface area contributed by atoms with Crippen molar-refractivity contribution < 1.29 is 4.79 Å². The van der Waals surface area contributed by atoms with Crippen LogP contribution in [0.4, 0.5) is 10.5 Å². The van der Waals surface area contributed by atoms with Gasteiger partial charge in [0.05, 0.1) is 0 Å². The summed E-state index contributed by atoms with van der Waals surface area (Å²) in [5.74, 6) is 0. The van der Waals surface area contributed by atoms with Gasteiger partial charge in [0.25, 0.3) is 0 Å². The van der Waals surface area contributed by atoms with E-state index in [2.05, 4.69) is 23.5 Å². The average molecular weight is 266 g/mol. The molecular weight excluding hydrogens is 248 g/mol. The van der Waals surface area contributed by atoms with Crippen molar-refractivity contribution in [3.05, 3.63) is 65.7 Å². The maximum Gasteiger partial charge on any atom is 0.321 e. The predicted octanol–water partition coefficient (Wildman–Crippen LogP) is 3.20. The first-order valence-corrected chi connectivity index (χ1v) is 7.02. The van der Waals surface area contributed by atoms with Crippen molar-refractivity contribution in [3.8, 4) is 0 Å². The molecule has 0 bridgehead atoms. The Morgan fingerprint density at radius 3 is 2.55 bits per heavy atom. The van der Waals surface area contributed by atoms with Crippen LogP contribution in [0.25, 0.3) is 0 Å². The smallest absolute Gasteiger partial charge is 0.321 e. The van der Waals surface area contributed by atoms with E-state index in [9.17, 15) is 4.79 Å². The molecule has 2 aromatic rings. The molecule has 1 saturated heterocycles. The second-order valence-corrected chi connectivity index (χ2v) is 5.03. The van der Waals surface area contributed by atoms with Crippen LogP contribution >= 0.6 is 0 Å². The van der Waals surface area contributed by atoms with Gasteiger partial charge < -0.3 is 5.32 Å². The van der Waals surface area contributed by atoms with Crippen molar-refractivity contribution in [1.82, 2.24) is 5.32 Å². The van der Waals surface area contributed by atoms with Crippen LogP contribution in [0.2, 0.25) is 0 Å². The van der Waals surface area contributed by atoms with Gasteiger partial charge in [-0.05, 0) is 30.0 Å². The average Bonchev–Trinajstić information content (AvgIpc) is 2.50. The number of urea groups is 1. The highest BCUT2D eigenvalue weighted by Gasteiger charge is 2.21. The lowest BCUT2D eigenvalue weighted by atomic mass is 10.0. The highest BCUT2D eigenvalue weighted by atomic mass is 16.2. The highest BCUT2D eigenvalue weighted by Crippen LogP contribution is 2.24. The van der Waals surface area contributed by atoms with Gasteiger partial charge in [-0.25, -0.2) is 4.79 Å². The number of para-hydroxylation sites is 1. The van der Waals surface area contributed by atoms with Crippen LogP contribution in [0.15, 0.2) is 54.6 Å². The van der Waals surface area contributed by atoms with Crippen LogP contribution in [-0.4, -0.2) is 19.1 Å². The van der Waals surface area contributed by atoms with Gasteiger partial charge >= 0.3 is 6.03 Å². The second kappa shape index (κ2) is 5.78. The molecule has 0 saturated carbocycles. The van der Waals surface area contributed by atoms with E-state index in [0.717, 1.165) is 31.6 Å². The fourth-order valence-corrected chi connectivity index (χ4v) is 2.60. The number of anilines is 1. The fourth-order valence-electron chi connectivity index (χ4n) is 2.60. The van der Waals surface area contributed by atoms with E-state index < -0.39 is 0 Å². The van der Waals surface area contributed by atoms with Gasteiger partial charge in [0.15, 0.2) is 0 Å². The van der Waals surface area contributed by atoms with Crippen LogP contribution in [-0.2, 0) is 6.42 Å². The van der Waals surface area contributed by atoms with Crippen LogP contribution in [0, 0.1) is 0 Å². The van der Waals surface area contributed by atoms with Gasteiger partial charge in [0.1, 0.15) is 0 Å². The van der Waals surface area contributed by atoms with Crippen molar-refractivity contribution in [3.63, 3.8) is 0 Å². The fraction of sp³-hybridized carbons (Fsp3) is 0.235. The van der Waals surface area contributed by atoms with Crippen molar-refractivity contribution in [2.75, 3.05) is 18.0 Å². The monoisotopic (exact) mass is 266 g/mol. The minimum Gasteiger partial charge on any atom is -0.338 e. The van der Waals surface area contributed by atoms with Gasteiger partial charge in [-0.2, -0.15) is 0 Å². The molecule has 1 aliphatic rings. The molecule has 3 nitrogen and oxygen atoms in total. The van der Waals surface area contributed by atoms with E-state index in [-0.39, 0.29) is 6.03 Å². The number of benzene rings is 2. The standard InChI is InChI=1S/C17H18N2O/c20-17-18-11-6-12-19(17)16-10-5-4-9-15(16)13-14-7-2-1-3-8-14/h1-5,7-10H,6,11-13H2,(H,18,20). The quantitative estimate of drug-likeness (QED) is 0.909. The van der Waals surface area contributed by atoms with E-state index in [1.165, 1.54) is 11.1 Å². The minimum absolute atomic E-state index is 0.0109. The van der Waals surface area contributed by atoms with Gasteiger partial charge in [-0.15, -0.1) is 0 Å². The first-order chi connectivity index (χ1) is 9.84. The molecule has 1 fully saturated rings. The summed E-state index contributed by atoms with van der Waals surface area (Å²) in [6.07, 6.45) is 1.84. The zero-order valence-corrected chi connectivity index (χ0v) is 11.4. The number of hydrogen-bond acceptors (Lipinski definition) is 1. The molecule has 2 amide bonds. The Morgan fingerprint density at radius 2 is 1.75 bits per heavy atom. The SMILES string of the molecule is O=C1NCCCN1c1ccccc1Cc1ccccc1. The molecule has 3 heteroatoms. The lowest BCUT2D eigenvalue weighted by Gasteiger charge is -2.29. The van der Waals surface area contributed by atoms with Crippen LogP contribution in [0.3, 0.4) is 0 Å². The summed E-state index contributed by atoms with van der Waals surface area (Å²) < 4.78 is 0. The third-order valence-corrected chi connectivity index (χ3v) is 3.60. The maximum absolute atomic E-state index is 12.0. The molecule has 0 spiro atoms. The Morgan fingerprint density at radius 1 is 1.00 bits per heavy atom. The molecule has 102 valence electrons. The third kappa shape index (κ3) is 2.67. The number of nitrogens with zero attached hydrogens (tertiary/aromatic N) is 1. The Labute approximate surface area is 119 Å². The molecule has 1 N–H and O–H groups in total. The largest absolute Gasteiger partial charge is 0.338 e. The molecule has 2 aromatic carbocycles. The van der Waals surface area contributed by atoms with Gasteiger partial charge in [0, 0.05) is 18.8 Å². The molecule has 3 rings (SSSR count). The summed E-state index contributed by atoms with van der Waals surface area (Å²) in [6.45, 7) is 1.56. The number of hydrogen-bond donors (Lipinski definition) is 1. The van der Waals surface area contributed by atoms with E-state index >= 15 is 0 Å². The summed E-state index contributed by atoms with van der Waals surface area (Å²) >= 11 is 0. The first kappa shape index (κ1) is 12.7. The number of amides is 2. The van der Waals surface area contributed by atoms with Gasteiger partial charge in [-0.3, -0.25) is 4.90 Å². The Bertz CT molecular complexity index is 595. The topological polar surface area (TPSA) is 32.3 Å². The summed E-state index contributed by atoms with van der Waals surface area (Å²) in [5, 5.41) is 2.91. The van der Waals surface area contributed by atoms with E-state index in [0.29, 0.717) is 0 Å². The Kier molecular flexibility index (Phi) is 3.68. The third-order valence-electron chi connectivity index (χ3n) is 3.60. The number of nitrogens with one attached hydrogen (secondary N) is 1. The summed E-state index contributed by atoms with van der Waals surface area (Å²) in [7, 11) is 0. The van der Waals surface area contributed by atoms with Crippen molar-refractivity contribution >= 4 is 11.7 Å². The minimum atomic E-state index is 0.0109. The normalized spacial score (nSPS) is 15.0. The summed E-state index contributed by atoms with van der Waals surface area (Å²) in [6, 6.07) is 18.5. The highest BCUT2D eigenvalue weighted by molar-refractivity contribution is 5.93. The molecular formula is C17H18N2O.